The van der Waals surface area contributed by atoms with Crippen LogP contribution in [-0.4, -0.2) is 50.5 Å². The fourth-order valence-electron chi connectivity index (χ4n) is 1.78. The molecular formula is C15H24N2O2. The van der Waals surface area contributed by atoms with Crippen LogP contribution in [0.15, 0.2) is 24.3 Å². The minimum Gasteiger partial charge on any atom is -0.493 e. The van der Waals surface area contributed by atoms with Crippen molar-refractivity contribution < 1.29 is 9.53 Å². The Bertz CT molecular complexity index is 405. The lowest BCUT2D eigenvalue weighted by molar-refractivity contribution is 0.0946. The predicted octanol–water partition coefficient (Wildman–Crippen LogP) is 1.81. The second-order valence-electron chi connectivity index (χ2n) is 4.77. The number of carbonyl (C=O) groups is 1. The van der Waals surface area contributed by atoms with E-state index < -0.39 is 0 Å². The largest absolute Gasteiger partial charge is 0.493 e. The minimum atomic E-state index is -0.207. The molecule has 19 heavy (non-hydrogen) atoms. The first-order valence-corrected chi connectivity index (χ1v) is 6.70. The standard InChI is InChI=1S/C15H24N2O2/c1-5-19-14-9-7-6-8-13(14)15(18)12(2)16-10-11-17(3)4/h6-9,12,16H,5,10-11H2,1-4H3. The summed E-state index contributed by atoms with van der Waals surface area (Å²) >= 11 is 0. The first-order chi connectivity index (χ1) is 9.06. The highest BCUT2D eigenvalue weighted by molar-refractivity contribution is 6.02. The molecule has 1 rings (SSSR count). The number of hydrogen-bond donors (Lipinski definition) is 1. The topological polar surface area (TPSA) is 41.6 Å². The Hall–Kier alpha value is -1.39. The normalized spacial score (nSPS) is 12.5. The van der Waals surface area contributed by atoms with E-state index in [0.717, 1.165) is 13.1 Å². The van der Waals surface area contributed by atoms with E-state index >= 15 is 0 Å². The predicted molar refractivity (Wildman–Crippen MR) is 78.0 cm³/mol. The number of likely N-dealkylation sites (N-methyl/N-ethyl adjacent to an activating group) is 1. The van der Waals surface area contributed by atoms with E-state index in [1.807, 2.05) is 52.2 Å². The number of ether oxygens (including phenoxy) is 1. The fourth-order valence-corrected chi connectivity index (χ4v) is 1.78. The van der Waals surface area contributed by atoms with Crippen molar-refractivity contribution in [3.63, 3.8) is 0 Å². The summed E-state index contributed by atoms with van der Waals surface area (Å²) in [6.07, 6.45) is 0. The van der Waals surface area contributed by atoms with E-state index in [1.54, 1.807) is 0 Å². The molecule has 0 saturated heterocycles. The minimum absolute atomic E-state index is 0.0720. The molecule has 0 aromatic heterocycles. The summed E-state index contributed by atoms with van der Waals surface area (Å²) in [5.74, 6) is 0.735. The first kappa shape index (κ1) is 15.7. The van der Waals surface area contributed by atoms with Gasteiger partial charge in [0.25, 0.3) is 0 Å². The van der Waals surface area contributed by atoms with Crippen molar-refractivity contribution in [1.82, 2.24) is 10.2 Å². The highest BCUT2D eigenvalue weighted by Gasteiger charge is 2.18. The number of rotatable bonds is 8. The molecule has 0 aliphatic rings. The molecule has 0 spiro atoms. The van der Waals surface area contributed by atoms with Crippen LogP contribution in [0.4, 0.5) is 0 Å². The SMILES string of the molecule is CCOc1ccccc1C(=O)C(C)NCCN(C)C. The van der Waals surface area contributed by atoms with Gasteiger partial charge in [-0.05, 0) is 40.1 Å². The Morgan fingerprint density at radius 2 is 2.05 bits per heavy atom. The van der Waals surface area contributed by atoms with Crippen molar-refractivity contribution in [1.29, 1.82) is 0 Å². The average molecular weight is 264 g/mol. The monoisotopic (exact) mass is 264 g/mol. The van der Waals surface area contributed by atoms with E-state index in [9.17, 15) is 4.79 Å². The molecule has 0 amide bonds. The Labute approximate surface area is 115 Å². The van der Waals surface area contributed by atoms with Gasteiger partial charge in [0.15, 0.2) is 5.78 Å². The summed E-state index contributed by atoms with van der Waals surface area (Å²) in [4.78, 5) is 14.4. The first-order valence-electron chi connectivity index (χ1n) is 6.70. The van der Waals surface area contributed by atoms with Gasteiger partial charge in [-0.15, -0.1) is 0 Å². The Morgan fingerprint density at radius 3 is 2.68 bits per heavy atom. The van der Waals surface area contributed by atoms with Gasteiger partial charge in [-0.2, -0.15) is 0 Å². The number of hydrogen-bond acceptors (Lipinski definition) is 4. The fraction of sp³-hybridized carbons (Fsp3) is 0.533. The van der Waals surface area contributed by atoms with Crippen LogP contribution in [-0.2, 0) is 0 Å². The number of benzene rings is 1. The molecule has 1 N–H and O–H groups in total. The van der Waals surface area contributed by atoms with Crippen molar-refractivity contribution in [3.05, 3.63) is 29.8 Å². The van der Waals surface area contributed by atoms with E-state index in [4.69, 9.17) is 4.74 Å². The average Bonchev–Trinajstić information content (AvgIpc) is 2.38. The maximum absolute atomic E-state index is 12.4. The van der Waals surface area contributed by atoms with Crippen molar-refractivity contribution >= 4 is 5.78 Å². The summed E-state index contributed by atoms with van der Waals surface area (Å²) in [6.45, 7) is 6.06. The lowest BCUT2D eigenvalue weighted by Gasteiger charge is -2.17. The number of carbonyl (C=O) groups excluding carboxylic acids is 1. The van der Waals surface area contributed by atoms with Crippen molar-refractivity contribution in [2.45, 2.75) is 19.9 Å². The number of nitrogens with one attached hydrogen (secondary N) is 1. The molecule has 0 saturated carbocycles. The lowest BCUT2D eigenvalue weighted by atomic mass is 10.0. The third kappa shape index (κ3) is 5.01. The molecule has 1 aromatic rings. The van der Waals surface area contributed by atoms with Gasteiger partial charge in [-0.3, -0.25) is 4.79 Å². The molecular weight excluding hydrogens is 240 g/mol. The van der Waals surface area contributed by atoms with Gasteiger partial charge >= 0.3 is 0 Å². The van der Waals surface area contributed by atoms with E-state index in [0.29, 0.717) is 17.9 Å². The maximum Gasteiger partial charge on any atom is 0.183 e. The molecule has 0 bridgehead atoms. The summed E-state index contributed by atoms with van der Waals surface area (Å²) in [5.41, 5.74) is 0.647. The number of nitrogens with zero attached hydrogens (tertiary/aromatic N) is 1. The number of ketones is 1. The summed E-state index contributed by atoms with van der Waals surface area (Å²) in [7, 11) is 4.02. The van der Waals surface area contributed by atoms with Crippen molar-refractivity contribution in [2.24, 2.45) is 0 Å². The van der Waals surface area contributed by atoms with Gasteiger partial charge in [0, 0.05) is 13.1 Å². The molecule has 0 fully saturated rings. The summed E-state index contributed by atoms with van der Waals surface area (Å²) in [5, 5.41) is 3.23. The third-order valence-corrected chi connectivity index (χ3v) is 2.86. The van der Waals surface area contributed by atoms with E-state index in [2.05, 4.69) is 10.2 Å². The van der Waals surface area contributed by atoms with E-state index in [1.165, 1.54) is 0 Å². The zero-order valence-electron chi connectivity index (χ0n) is 12.3. The molecule has 4 heteroatoms. The van der Waals surface area contributed by atoms with Crippen LogP contribution in [0.2, 0.25) is 0 Å². The van der Waals surface area contributed by atoms with Crippen LogP contribution in [0.5, 0.6) is 5.75 Å². The van der Waals surface area contributed by atoms with Crippen LogP contribution in [0.3, 0.4) is 0 Å². The molecule has 0 heterocycles. The molecule has 1 unspecified atom stereocenters. The molecule has 1 atom stereocenters. The molecule has 0 radical (unpaired) electrons. The molecule has 0 aliphatic carbocycles. The van der Waals surface area contributed by atoms with Crippen LogP contribution in [0.1, 0.15) is 24.2 Å². The molecule has 1 aromatic carbocycles. The highest BCUT2D eigenvalue weighted by atomic mass is 16.5. The van der Waals surface area contributed by atoms with Crippen LogP contribution in [0, 0.1) is 0 Å². The highest BCUT2D eigenvalue weighted by Crippen LogP contribution is 2.19. The van der Waals surface area contributed by atoms with Gasteiger partial charge in [-0.1, -0.05) is 12.1 Å². The number of Topliss-reactive ketones (excluding diaryl/α,β-unsaturated/α-hetero) is 1. The second kappa shape index (κ2) is 7.92. The quantitative estimate of drug-likeness (QED) is 0.727. The Morgan fingerprint density at radius 1 is 1.37 bits per heavy atom. The smallest absolute Gasteiger partial charge is 0.183 e. The maximum atomic E-state index is 12.4. The van der Waals surface area contributed by atoms with Crippen LogP contribution < -0.4 is 10.1 Å². The summed E-state index contributed by atoms with van der Waals surface area (Å²) < 4.78 is 5.49. The van der Waals surface area contributed by atoms with Gasteiger partial charge in [0.1, 0.15) is 5.75 Å². The van der Waals surface area contributed by atoms with Gasteiger partial charge < -0.3 is 15.0 Å². The lowest BCUT2D eigenvalue weighted by Crippen LogP contribution is -2.38. The van der Waals surface area contributed by atoms with Crippen molar-refractivity contribution in [3.8, 4) is 5.75 Å². The third-order valence-electron chi connectivity index (χ3n) is 2.86. The van der Waals surface area contributed by atoms with Crippen LogP contribution in [0.25, 0.3) is 0 Å². The number of para-hydroxylation sites is 1. The zero-order valence-corrected chi connectivity index (χ0v) is 12.3. The zero-order chi connectivity index (χ0) is 14.3. The van der Waals surface area contributed by atoms with Gasteiger partial charge in [0.2, 0.25) is 0 Å². The Balaban J connectivity index is 2.65. The summed E-state index contributed by atoms with van der Waals surface area (Å²) in [6, 6.07) is 7.19. The Kier molecular flexibility index (Phi) is 6.53. The second-order valence-corrected chi connectivity index (χ2v) is 4.77. The van der Waals surface area contributed by atoms with Gasteiger partial charge in [-0.25, -0.2) is 0 Å². The van der Waals surface area contributed by atoms with Gasteiger partial charge in [0.05, 0.1) is 18.2 Å². The van der Waals surface area contributed by atoms with E-state index in [-0.39, 0.29) is 11.8 Å². The molecule has 0 aliphatic heterocycles. The van der Waals surface area contributed by atoms with Crippen LogP contribution >= 0.6 is 0 Å². The molecule has 4 nitrogen and oxygen atoms in total. The molecule has 106 valence electrons. The van der Waals surface area contributed by atoms with Crippen molar-refractivity contribution in [2.75, 3.05) is 33.8 Å².